The van der Waals surface area contributed by atoms with Crippen molar-refractivity contribution in [2.75, 3.05) is 18.1 Å². The van der Waals surface area contributed by atoms with Crippen LogP contribution in [0.3, 0.4) is 0 Å². The lowest BCUT2D eigenvalue weighted by Crippen LogP contribution is -2.38. The summed E-state index contributed by atoms with van der Waals surface area (Å²) < 4.78 is 10.9. The predicted molar refractivity (Wildman–Crippen MR) is 69.5 cm³/mol. The van der Waals surface area contributed by atoms with Crippen LogP contribution in [0.1, 0.15) is 23.2 Å². The highest BCUT2D eigenvalue weighted by Gasteiger charge is 2.27. The number of hydrogen-bond donors (Lipinski definition) is 0. The van der Waals surface area contributed by atoms with Gasteiger partial charge in [-0.3, -0.25) is 9.69 Å². The zero-order chi connectivity index (χ0) is 13.2. The number of anilines is 1. The van der Waals surface area contributed by atoms with Gasteiger partial charge in [-0.1, -0.05) is 6.92 Å². The van der Waals surface area contributed by atoms with E-state index < -0.39 is 0 Å². The second-order valence-corrected chi connectivity index (χ2v) is 4.25. The molecule has 0 spiro atoms. The Labute approximate surface area is 110 Å². The molecular weight excluding hydrogens is 244 g/mol. The maximum absolute atomic E-state index is 12.4. The summed E-state index contributed by atoms with van der Waals surface area (Å²) in [5, 5.41) is 0. The summed E-state index contributed by atoms with van der Waals surface area (Å²) in [6.45, 7) is 2.93. The van der Waals surface area contributed by atoms with Crippen molar-refractivity contribution in [3.8, 4) is 5.88 Å². The molecule has 3 rings (SSSR count). The average molecular weight is 258 g/mol. The maximum atomic E-state index is 12.4. The summed E-state index contributed by atoms with van der Waals surface area (Å²) in [6, 6.07) is 7.15. The fourth-order valence-corrected chi connectivity index (χ4v) is 2.08. The summed E-state index contributed by atoms with van der Waals surface area (Å²) in [7, 11) is 0. The minimum Gasteiger partial charge on any atom is -0.474 e. The lowest BCUT2D eigenvalue weighted by Gasteiger charge is -2.27. The van der Waals surface area contributed by atoms with Crippen LogP contribution in [0.15, 0.2) is 34.9 Å². The van der Waals surface area contributed by atoms with Gasteiger partial charge in [-0.15, -0.1) is 0 Å². The van der Waals surface area contributed by atoms with Crippen molar-refractivity contribution in [3.05, 3.63) is 42.0 Å². The van der Waals surface area contributed by atoms with Crippen LogP contribution >= 0.6 is 0 Å². The molecule has 3 heterocycles. The lowest BCUT2D eigenvalue weighted by atomic mass is 10.2. The molecule has 0 bridgehead atoms. The van der Waals surface area contributed by atoms with Gasteiger partial charge in [0.1, 0.15) is 18.1 Å². The van der Waals surface area contributed by atoms with E-state index in [9.17, 15) is 4.79 Å². The molecule has 5 nitrogen and oxygen atoms in total. The van der Waals surface area contributed by atoms with Gasteiger partial charge in [0, 0.05) is 12.6 Å². The van der Waals surface area contributed by atoms with Crippen molar-refractivity contribution < 1.29 is 13.9 Å². The molecule has 0 aromatic carbocycles. The Morgan fingerprint density at radius 2 is 2.32 bits per heavy atom. The van der Waals surface area contributed by atoms with E-state index in [-0.39, 0.29) is 5.91 Å². The summed E-state index contributed by atoms with van der Waals surface area (Å²) in [6.07, 6.45) is 2.42. The van der Waals surface area contributed by atoms with Crippen LogP contribution in [0.25, 0.3) is 0 Å². The van der Waals surface area contributed by atoms with Crippen LogP contribution in [0.2, 0.25) is 0 Å². The van der Waals surface area contributed by atoms with Gasteiger partial charge in [-0.25, -0.2) is 4.98 Å². The zero-order valence-electron chi connectivity index (χ0n) is 10.6. The first-order valence-corrected chi connectivity index (χ1v) is 6.28. The first kappa shape index (κ1) is 11.8. The smallest absolute Gasteiger partial charge is 0.294 e. The van der Waals surface area contributed by atoms with Crippen molar-refractivity contribution in [2.45, 2.75) is 13.3 Å². The Kier molecular flexibility index (Phi) is 2.95. The summed E-state index contributed by atoms with van der Waals surface area (Å²) in [5.41, 5.74) is 0.688. The molecule has 0 atom stereocenters. The number of rotatable bonds is 2. The molecule has 0 saturated heterocycles. The van der Waals surface area contributed by atoms with Crippen LogP contribution in [-0.2, 0) is 6.42 Å². The first-order valence-electron chi connectivity index (χ1n) is 6.28. The molecule has 1 aliphatic rings. The first-order chi connectivity index (χ1) is 9.29. The largest absolute Gasteiger partial charge is 0.474 e. The van der Waals surface area contributed by atoms with Crippen LogP contribution in [0.5, 0.6) is 5.88 Å². The van der Waals surface area contributed by atoms with Gasteiger partial charge in [-0.2, -0.15) is 0 Å². The van der Waals surface area contributed by atoms with E-state index in [1.165, 1.54) is 0 Å². The zero-order valence-corrected chi connectivity index (χ0v) is 10.6. The third-order valence-corrected chi connectivity index (χ3v) is 3.06. The molecule has 2 aromatic heterocycles. The second-order valence-electron chi connectivity index (χ2n) is 4.25. The van der Waals surface area contributed by atoms with E-state index in [4.69, 9.17) is 9.15 Å². The van der Waals surface area contributed by atoms with Crippen LogP contribution in [0, 0.1) is 0 Å². The molecule has 1 amide bonds. The van der Waals surface area contributed by atoms with Gasteiger partial charge in [0.05, 0.1) is 6.54 Å². The monoisotopic (exact) mass is 258 g/mol. The van der Waals surface area contributed by atoms with Crippen molar-refractivity contribution >= 4 is 11.6 Å². The standard InChI is InChI=1S/C14H14N2O3/c1-2-10-5-6-12(19-10)14(17)16-8-9-18-13-11(16)4-3-7-15-13/h3-7H,2,8-9H2,1H3. The highest BCUT2D eigenvalue weighted by atomic mass is 16.5. The average Bonchev–Trinajstić information content (AvgIpc) is 2.95. The molecule has 0 unspecified atom stereocenters. The van der Waals surface area contributed by atoms with Gasteiger partial charge < -0.3 is 9.15 Å². The SMILES string of the molecule is CCc1ccc(C(=O)N2CCOc3ncccc32)o1. The Hall–Kier alpha value is -2.30. The fraction of sp³-hybridized carbons (Fsp3) is 0.286. The number of ether oxygens (including phenoxy) is 1. The molecule has 0 aliphatic carbocycles. The number of aryl methyl sites for hydroxylation is 1. The van der Waals surface area contributed by atoms with E-state index in [1.54, 1.807) is 23.2 Å². The Bertz CT molecular complexity index is 606. The molecule has 1 aliphatic heterocycles. The van der Waals surface area contributed by atoms with Gasteiger partial charge in [0.2, 0.25) is 5.88 Å². The molecule has 2 aromatic rings. The van der Waals surface area contributed by atoms with Gasteiger partial charge in [-0.05, 0) is 24.3 Å². The van der Waals surface area contributed by atoms with E-state index >= 15 is 0 Å². The van der Waals surface area contributed by atoms with Gasteiger partial charge >= 0.3 is 0 Å². The van der Waals surface area contributed by atoms with E-state index in [1.807, 2.05) is 19.1 Å². The van der Waals surface area contributed by atoms with Crippen molar-refractivity contribution in [1.29, 1.82) is 0 Å². The van der Waals surface area contributed by atoms with E-state index in [0.29, 0.717) is 30.5 Å². The molecule has 5 heteroatoms. The van der Waals surface area contributed by atoms with E-state index in [2.05, 4.69) is 4.98 Å². The lowest BCUT2D eigenvalue weighted by molar-refractivity contribution is 0.0947. The van der Waals surface area contributed by atoms with Crippen LogP contribution < -0.4 is 9.64 Å². The highest BCUT2D eigenvalue weighted by molar-refractivity contribution is 6.05. The fourth-order valence-electron chi connectivity index (χ4n) is 2.08. The number of furan rings is 1. The van der Waals surface area contributed by atoms with E-state index in [0.717, 1.165) is 12.2 Å². The molecule has 0 N–H and O–H groups in total. The van der Waals surface area contributed by atoms with Crippen LogP contribution in [0.4, 0.5) is 5.69 Å². The van der Waals surface area contributed by atoms with Gasteiger partial charge in [0.15, 0.2) is 5.76 Å². The Morgan fingerprint density at radius 3 is 3.11 bits per heavy atom. The van der Waals surface area contributed by atoms with Crippen molar-refractivity contribution in [2.24, 2.45) is 0 Å². The summed E-state index contributed by atoms with van der Waals surface area (Å²) in [5.74, 6) is 1.50. The second kappa shape index (κ2) is 4.76. The number of hydrogen-bond acceptors (Lipinski definition) is 4. The van der Waals surface area contributed by atoms with Crippen molar-refractivity contribution in [3.63, 3.8) is 0 Å². The molecule has 0 saturated carbocycles. The molecule has 0 fully saturated rings. The number of pyridine rings is 1. The minimum absolute atomic E-state index is 0.155. The number of fused-ring (bicyclic) bond motifs is 1. The Balaban J connectivity index is 1.93. The third kappa shape index (κ3) is 2.07. The highest BCUT2D eigenvalue weighted by Crippen LogP contribution is 2.29. The van der Waals surface area contributed by atoms with Crippen molar-refractivity contribution in [1.82, 2.24) is 4.98 Å². The predicted octanol–water partition coefficient (Wildman–Crippen LogP) is 2.28. The minimum atomic E-state index is -0.155. The summed E-state index contributed by atoms with van der Waals surface area (Å²) in [4.78, 5) is 18.2. The normalized spacial score (nSPS) is 13.8. The topological polar surface area (TPSA) is 55.6 Å². The molecule has 0 radical (unpaired) electrons. The number of amides is 1. The van der Waals surface area contributed by atoms with Gasteiger partial charge in [0.25, 0.3) is 5.91 Å². The number of carbonyl (C=O) groups excluding carboxylic acids is 1. The molecule has 19 heavy (non-hydrogen) atoms. The Morgan fingerprint density at radius 1 is 1.42 bits per heavy atom. The maximum Gasteiger partial charge on any atom is 0.294 e. The molecular formula is C14H14N2O3. The number of nitrogens with zero attached hydrogens (tertiary/aromatic N) is 2. The third-order valence-electron chi connectivity index (χ3n) is 3.06. The van der Waals surface area contributed by atoms with Crippen LogP contribution in [-0.4, -0.2) is 24.0 Å². The summed E-state index contributed by atoms with van der Waals surface area (Å²) >= 11 is 0. The molecule has 98 valence electrons. The quantitative estimate of drug-likeness (QED) is 0.829. The number of carbonyl (C=O) groups is 1. The number of aromatic nitrogens is 1.